The first-order chi connectivity index (χ1) is 5.36. The van der Waals surface area contributed by atoms with Crippen LogP contribution in [0.25, 0.3) is 0 Å². The number of ether oxygens (including phenoxy) is 1. The average Bonchev–Trinajstić information content (AvgIpc) is 2.55. The summed E-state index contributed by atoms with van der Waals surface area (Å²) >= 11 is 1.42. The van der Waals surface area contributed by atoms with Crippen LogP contribution in [0.3, 0.4) is 0 Å². The van der Waals surface area contributed by atoms with E-state index in [4.69, 9.17) is 10.5 Å². The van der Waals surface area contributed by atoms with Crippen LogP contribution >= 0.6 is 11.3 Å². The number of hydrogen-bond donors (Lipinski definition) is 1. The van der Waals surface area contributed by atoms with Crippen LogP contribution in [-0.2, 0) is 4.74 Å². The number of aromatic nitrogens is 2. The van der Waals surface area contributed by atoms with E-state index in [1.165, 1.54) is 11.3 Å². The van der Waals surface area contributed by atoms with Crippen LogP contribution in [-0.4, -0.2) is 16.8 Å². The van der Waals surface area contributed by atoms with Crippen LogP contribution in [0.15, 0.2) is 0 Å². The third-order valence-electron chi connectivity index (χ3n) is 1.66. The fourth-order valence-electron chi connectivity index (χ4n) is 1.15. The fourth-order valence-corrected chi connectivity index (χ4v) is 1.84. The Morgan fingerprint density at radius 3 is 3.00 bits per heavy atom. The average molecular weight is 171 g/mol. The molecule has 1 atom stereocenters. The smallest absolute Gasteiger partial charge is 0.203 e. The lowest BCUT2D eigenvalue weighted by Crippen LogP contribution is -1.93. The molecule has 1 aromatic heterocycles. The summed E-state index contributed by atoms with van der Waals surface area (Å²) in [6, 6.07) is 0. The van der Waals surface area contributed by atoms with E-state index in [2.05, 4.69) is 10.2 Å². The van der Waals surface area contributed by atoms with Gasteiger partial charge in [0.1, 0.15) is 11.1 Å². The zero-order chi connectivity index (χ0) is 7.68. The molecule has 60 valence electrons. The molecular formula is C6H9N3OS. The fraction of sp³-hybridized carbons (Fsp3) is 0.667. The van der Waals surface area contributed by atoms with Gasteiger partial charge in [0.2, 0.25) is 5.13 Å². The Kier molecular flexibility index (Phi) is 1.75. The SMILES string of the molecule is Nc1nnc([C@H]2CCCO2)s1. The van der Waals surface area contributed by atoms with Crippen LogP contribution in [0.4, 0.5) is 5.13 Å². The van der Waals surface area contributed by atoms with Gasteiger partial charge in [0.15, 0.2) is 0 Å². The van der Waals surface area contributed by atoms with Gasteiger partial charge in [-0.2, -0.15) is 0 Å². The highest BCUT2D eigenvalue weighted by Crippen LogP contribution is 2.30. The molecule has 5 heteroatoms. The standard InChI is InChI=1S/C6H9N3OS/c7-6-9-8-5(11-6)4-2-1-3-10-4/h4H,1-3H2,(H2,7,9)/t4-/m1/s1. The Labute approximate surface area is 68.4 Å². The van der Waals surface area contributed by atoms with Gasteiger partial charge in [-0.25, -0.2) is 0 Å². The highest BCUT2D eigenvalue weighted by atomic mass is 32.1. The molecule has 1 aromatic rings. The van der Waals surface area contributed by atoms with Crippen LogP contribution < -0.4 is 5.73 Å². The van der Waals surface area contributed by atoms with Gasteiger partial charge in [0, 0.05) is 6.61 Å². The zero-order valence-corrected chi connectivity index (χ0v) is 6.80. The molecule has 0 amide bonds. The summed E-state index contributed by atoms with van der Waals surface area (Å²) in [5.41, 5.74) is 5.44. The number of anilines is 1. The van der Waals surface area contributed by atoms with E-state index in [0.717, 1.165) is 24.5 Å². The van der Waals surface area contributed by atoms with Gasteiger partial charge < -0.3 is 10.5 Å². The second-order valence-corrected chi connectivity index (χ2v) is 3.52. The highest BCUT2D eigenvalue weighted by molar-refractivity contribution is 7.15. The Hall–Kier alpha value is -0.680. The maximum atomic E-state index is 5.44. The highest BCUT2D eigenvalue weighted by Gasteiger charge is 2.21. The number of nitrogens with two attached hydrogens (primary N) is 1. The van der Waals surface area contributed by atoms with Crippen molar-refractivity contribution < 1.29 is 4.74 Å². The van der Waals surface area contributed by atoms with E-state index < -0.39 is 0 Å². The maximum Gasteiger partial charge on any atom is 0.203 e. The summed E-state index contributed by atoms with van der Waals surface area (Å²) in [7, 11) is 0. The van der Waals surface area contributed by atoms with E-state index >= 15 is 0 Å². The Balaban J connectivity index is 2.15. The summed E-state index contributed by atoms with van der Waals surface area (Å²) in [5, 5.41) is 9.08. The molecule has 0 bridgehead atoms. The van der Waals surface area contributed by atoms with Crippen LogP contribution in [0.1, 0.15) is 24.0 Å². The van der Waals surface area contributed by atoms with E-state index in [9.17, 15) is 0 Å². The second kappa shape index (κ2) is 2.75. The van der Waals surface area contributed by atoms with Crippen molar-refractivity contribution in [2.45, 2.75) is 18.9 Å². The Bertz CT molecular complexity index is 244. The van der Waals surface area contributed by atoms with E-state index in [1.807, 2.05) is 0 Å². The van der Waals surface area contributed by atoms with Crippen LogP contribution in [0.2, 0.25) is 0 Å². The van der Waals surface area contributed by atoms with Gasteiger partial charge >= 0.3 is 0 Å². The summed E-state index contributed by atoms with van der Waals surface area (Å²) in [6.45, 7) is 0.837. The van der Waals surface area contributed by atoms with Crippen molar-refractivity contribution in [3.63, 3.8) is 0 Å². The van der Waals surface area contributed by atoms with Gasteiger partial charge in [-0.3, -0.25) is 0 Å². The number of rotatable bonds is 1. The third kappa shape index (κ3) is 1.34. The normalized spacial score (nSPS) is 24.2. The number of hydrogen-bond acceptors (Lipinski definition) is 5. The molecular weight excluding hydrogens is 162 g/mol. The van der Waals surface area contributed by atoms with Crippen LogP contribution in [0, 0.1) is 0 Å². The lowest BCUT2D eigenvalue weighted by molar-refractivity contribution is 0.111. The molecule has 0 aliphatic carbocycles. The van der Waals surface area contributed by atoms with Gasteiger partial charge in [-0.05, 0) is 12.8 Å². The molecule has 1 aliphatic heterocycles. The molecule has 1 fully saturated rings. The molecule has 0 aromatic carbocycles. The minimum Gasteiger partial charge on any atom is -0.374 e. The molecule has 2 heterocycles. The van der Waals surface area contributed by atoms with E-state index in [0.29, 0.717) is 5.13 Å². The van der Waals surface area contributed by atoms with Crippen molar-refractivity contribution in [2.24, 2.45) is 0 Å². The van der Waals surface area contributed by atoms with Gasteiger partial charge in [-0.1, -0.05) is 11.3 Å². The molecule has 0 unspecified atom stereocenters. The largest absolute Gasteiger partial charge is 0.374 e. The molecule has 2 N–H and O–H groups in total. The predicted molar refractivity (Wildman–Crippen MR) is 42.2 cm³/mol. The maximum absolute atomic E-state index is 5.44. The number of nitrogen functional groups attached to an aromatic ring is 1. The molecule has 1 aliphatic rings. The van der Waals surface area contributed by atoms with Crippen molar-refractivity contribution >= 4 is 16.5 Å². The summed E-state index contributed by atoms with van der Waals surface area (Å²) in [4.78, 5) is 0. The molecule has 2 rings (SSSR count). The first kappa shape index (κ1) is 7.00. The van der Waals surface area contributed by atoms with E-state index in [-0.39, 0.29) is 6.10 Å². The molecule has 11 heavy (non-hydrogen) atoms. The predicted octanol–water partition coefficient (Wildman–Crippen LogP) is 0.972. The number of nitrogens with zero attached hydrogens (tertiary/aromatic N) is 2. The molecule has 0 saturated carbocycles. The third-order valence-corrected chi connectivity index (χ3v) is 2.51. The lowest BCUT2D eigenvalue weighted by atomic mass is 10.2. The zero-order valence-electron chi connectivity index (χ0n) is 5.99. The first-order valence-corrected chi connectivity index (χ1v) is 4.38. The molecule has 1 saturated heterocycles. The topological polar surface area (TPSA) is 61.0 Å². The van der Waals surface area contributed by atoms with Crippen molar-refractivity contribution in [3.05, 3.63) is 5.01 Å². The van der Waals surface area contributed by atoms with Gasteiger partial charge in [-0.15, -0.1) is 10.2 Å². The molecule has 0 spiro atoms. The van der Waals surface area contributed by atoms with Gasteiger partial charge in [0.05, 0.1) is 0 Å². The Morgan fingerprint density at radius 1 is 1.55 bits per heavy atom. The second-order valence-electron chi connectivity index (χ2n) is 2.48. The minimum atomic E-state index is 0.157. The Morgan fingerprint density at radius 2 is 2.45 bits per heavy atom. The molecule has 0 radical (unpaired) electrons. The van der Waals surface area contributed by atoms with Crippen molar-refractivity contribution in [3.8, 4) is 0 Å². The quantitative estimate of drug-likeness (QED) is 0.684. The first-order valence-electron chi connectivity index (χ1n) is 3.57. The molecule has 4 nitrogen and oxygen atoms in total. The summed E-state index contributed by atoms with van der Waals surface area (Å²) < 4.78 is 5.40. The van der Waals surface area contributed by atoms with Gasteiger partial charge in [0.25, 0.3) is 0 Å². The van der Waals surface area contributed by atoms with Crippen LogP contribution in [0.5, 0.6) is 0 Å². The van der Waals surface area contributed by atoms with E-state index in [1.54, 1.807) is 0 Å². The van der Waals surface area contributed by atoms with Crippen molar-refractivity contribution in [2.75, 3.05) is 12.3 Å². The monoisotopic (exact) mass is 171 g/mol. The summed E-state index contributed by atoms with van der Waals surface area (Å²) in [5.74, 6) is 0. The lowest BCUT2D eigenvalue weighted by Gasteiger charge is -2.01. The summed E-state index contributed by atoms with van der Waals surface area (Å²) in [6.07, 6.45) is 2.32. The van der Waals surface area contributed by atoms with Crippen molar-refractivity contribution in [1.29, 1.82) is 0 Å². The minimum absolute atomic E-state index is 0.157. The van der Waals surface area contributed by atoms with Crippen molar-refractivity contribution in [1.82, 2.24) is 10.2 Å².